The normalized spacial score (nSPS) is 17.2. The van der Waals surface area contributed by atoms with Crippen LogP contribution in [0.5, 0.6) is 0 Å². The highest BCUT2D eigenvalue weighted by molar-refractivity contribution is 9.10. The lowest BCUT2D eigenvalue weighted by atomic mass is 10.1. The Bertz CT molecular complexity index is 1460. The second kappa shape index (κ2) is 15.4. The number of cyclic esters (lactones) is 2. The molecule has 0 saturated carbocycles. The summed E-state index contributed by atoms with van der Waals surface area (Å²) in [4.78, 5) is 51.7. The number of amides is 2. The molecule has 2 amide bonds. The summed E-state index contributed by atoms with van der Waals surface area (Å²) >= 11 is 3.32. The fraction of sp³-hybridized carbons (Fsp3) is 0.529. The third-order valence-corrected chi connectivity index (χ3v) is 7.87. The topological polar surface area (TPSA) is 127 Å². The van der Waals surface area contributed by atoms with Crippen LogP contribution in [0.3, 0.4) is 0 Å². The number of rotatable bonds is 1. The molecule has 0 unspecified atom stereocenters. The highest BCUT2D eigenvalue weighted by Gasteiger charge is 2.28. The molecule has 4 heterocycles. The van der Waals surface area contributed by atoms with Gasteiger partial charge in [-0.05, 0) is 77.9 Å². The average molecular weight is 718 g/mol. The van der Waals surface area contributed by atoms with Crippen LogP contribution in [-0.4, -0.2) is 97.5 Å². The van der Waals surface area contributed by atoms with Gasteiger partial charge in [0.1, 0.15) is 24.4 Å². The largest absolute Gasteiger partial charge is 0.457 e. The number of fused-ring (bicyclic) bond motifs is 2. The van der Waals surface area contributed by atoms with Gasteiger partial charge in [-0.25, -0.2) is 19.2 Å². The molecule has 0 aliphatic carbocycles. The van der Waals surface area contributed by atoms with Crippen molar-refractivity contribution in [1.82, 2.24) is 15.1 Å². The van der Waals surface area contributed by atoms with Crippen LogP contribution < -0.4 is 10.2 Å². The molecule has 4 aliphatic heterocycles. The van der Waals surface area contributed by atoms with Crippen molar-refractivity contribution >= 4 is 45.7 Å². The fourth-order valence-corrected chi connectivity index (χ4v) is 5.47. The average Bonchev–Trinajstić information content (AvgIpc) is 3.57. The maximum Gasteiger partial charge on any atom is 0.410 e. The van der Waals surface area contributed by atoms with Crippen LogP contribution in [0.4, 0.5) is 15.3 Å². The number of benzene rings is 2. The molecule has 2 aromatic carbocycles. The predicted molar refractivity (Wildman–Crippen MR) is 180 cm³/mol. The summed E-state index contributed by atoms with van der Waals surface area (Å²) in [6.07, 6.45) is -0.459. The summed E-state index contributed by atoms with van der Waals surface area (Å²) in [6.45, 7) is 18.0. The Morgan fingerprint density at radius 2 is 1.17 bits per heavy atom. The first kappa shape index (κ1) is 36.0. The molecule has 0 aromatic heterocycles. The summed E-state index contributed by atoms with van der Waals surface area (Å²) in [7, 11) is 0. The number of ether oxygens (including phenoxy) is 4. The molecule has 256 valence electrons. The minimum absolute atomic E-state index is 0.200. The monoisotopic (exact) mass is 716 g/mol. The van der Waals surface area contributed by atoms with E-state index in [1.165, 1.54) is 0 Å². The first-order chi connectivity index (χ1) is 22.1. The standard InChI is InChI=1S/C17H22N2O4.C9H18N2O2.C8H5BrO2/c1-17(2,3)23-16(21)19-8-6-18(7-9-19)13-4-5-14-12(10-13)11-22-15(14)20;1-9(2,3)13-8(12)11-6-4-10-5-7-11;9-6-1-2-7-5(3-6)4-11-8(7)10/h4-5,10H,6-9,11H2,1-3H3;10H,4-7H2,1-3H3;1-3H,4H2. The molecule has 13 heteroatoms. The molecule has 0 bridgehead atoms. The maximum absolute atomic E-state index is 12.1. The zero-order chi connectivity index (χ0) is 34.4. The smallest absolute Gasteiger partial charge is 0.410 e. The van der Waals surface area contributed by atoms with Crippen molar-refractivity contribution in [2.24, 2.45) is 0 Å². The molecule has 0 spiro atoms. The van der Waals surface area contributed by atoms with Crippen molar-refractivity contribution in [2.75, 3.05) is 57.3 Å². The van der Waals surface area contributed by atoms with Crippen LogP contribution >= 0.6 is 15.9 Å². The molecule has 47 heavy (non-hydrogen) atoms. The van der Waals surface area contributed by atoms with Gasteiger partial charge in [-0.1, -0.05) is 15.9 Å². The van der Waals surface area contributed by atoms with Crippen LogP contribution in [0, 0.1) is 0 Å². The molecule has 6 rings (SSSR count). The molecule has 2 aromatic rings. The Morgan fingerprint density at radius 3 is 1.68 bits per heavy atom. The van der Waals surface area contributed by atoms with Gasteiger partial charge in [0.25, 0.3) is 0 Å². The Morgan fingerprint density at radius 1 is 0.702 bits per heavy atom. The predicted octanol–water partition coefficient (Wildman–Crippen LogP) is 5.36. The van der Waals surface area contributed by atoms with E-state index in [1.54, 1.807) is 15.9 Å². The Kier molecular flexibility index (Phi) is 11.8. The highest BCUT2D eigenvalue weighted by atomic mass is 79.9. The number of hydrogen-bond donors (Lipinski definition) is 1. The van der Waals surface area contributed by atoms with E-state index in [4.69, 9.17) is 18.9 Å². The first-order valence-electron chi connectivity index (χ1n) is 15.8. The van der Waals surface area contributed by atoms with Crippen molar-refractivity contribution in [2.45, 2.75) is 66.0 Å². The Hall–Kier alpha value is -3.84. The van der Waals surface area contributed by atoms with Crippen molar-refractivity contribution < 1.29 is 38.1 Å². The number of carbonyl (C=O) groups is 4. The van der Waals surface area contributed by atoms with E-state index in [2.05, 4.69) is 26.1 Å². The summed E-state index contributed by atoms with van der Waals surface area (Å²) in [5.74, 6) is -0.464. The molecule has 4 aliphatic rings. The summed E-state index contributed by atoms with van der Waals surface area (Å²) in [6, 6.07) is 11.3. The van der Waals surface area contributed by atoms with Gasteiger partial charge in [0.15, 0.2) is 0 Å². The summed E-state index contributed by atoms with van der Waals surface area (Å²) in [5.41, 5.74) is 3.44. The number of carbonyl (C=O) groups excluding carboxylic acids is 4. The molecule has 2 saturated heterocycles. The van der Waals surface area contributed by atoms with Crippen molar-refractivity contribution in [3.05, 3.63) is 63.1 Å². The molecule has 0 atom stereocenters. The van der Waals surface area contributed by atoms with Crippen LogP contribution in [0.25, 0.3) is 0 Å². The molecular weight excluding hydrogens is 672 g/mol. The summed E-state index contributed by atoms with van der Waals surface area (Å²) < 4.78 is 21.5. The zero-order valence-electron chi connectivity index (χ0n) is 28.0. The quantitative estimate of drug-likeness (QED) is 0.305. The molecule has 12 nitrogen and oxygen atoms in total. The zero-order valence-corrected chi connectivity index (χ0v) is 29.6. The van der Waals surface area contributed by atoms with E-state index >= 15 is 0 Å². The Balaban J connectivity index is 0.000000176. The molecule has 0 radical (unpaired) electrons. The highest BCUT2D eigenvalue weighted by Crippen LogP contribution is 2.27. The number of hydrogen-bond acceptors (Lipinski definition) is 10. The van der Waals surface area contributed by atoms with Crippen molar-refractivity contribution in [3.8, 4) is 0 Å². The summed E-state index contributed by atoms with van der Waals surface area (Å²) in [5, 5.41) is 3.18. The molecule has 2 fully saturated rings. The maximum atomic E-state index is 12.1. The lowest BCUT2D eigenvalue weighted by Crippen LogP contribution is -2.50. The van der Waals surface area contributed by atoms with E-state index in [0.29, 0.717) is 37.4 Å². The van der Waals surface area contributed by atoms with Gasteiger partial charge < -0.3 is 39.0 Å². The minimum atomic E-state index is -0.471. The third kappa shape index (κ3) is 10.6. The lowest BCUT2D eigenvalue weighted by molar-refractivity contribution is 0.0223. The second-order valence-electron chi connectivity index (χ2n) is 13.5. The van der Waals surface area contributed by atoms with E-state index < -0.39 is 5.60 Å². The lowest BCUT2D eigenvalue weighted by Gasteiger charge is -2.36. The molecule has 1 N–H and O–H groups in total. The van der Waals surface area contributed by atoms with Crippen LogP contribution in [0.1, 0.15) is 73.4 Å². The number of anilines is 1. The van der Waals surface area contributed by atoms with Crippen LogP contribution in [0.2, 0.25) is 0 Å². The van der Waals surface area contributed by atoms with Gasteiger partial charge in [0.2, 0.25) is 0 Å². The van der Waals surface area contributed by atoms with Gasteiger partial charge in [-0.2, -0.15) is 0 Å². The SMILES string of the molecule is CC(C)(C)OC(=O)N1CCN(c2ccc3c(c2)COC3=O)CC1.CC(C)(C)OC(=O)N1CCNCC1.O=C1OCc2cc(Br)ccc21. The van der Waals surface area contributed by atoms with Gasteiger partial charge in [0, 0.05) is 73.6 Å². The fourth-order valence-electron chi connectivity index (χ4n) is 5.07. The van der Waals surface area contributed by atoms with E-state index in [-0.39, 0.29) is 29.7 Å². The Labute approximate surface area is 284 Å². The van der Waals surface area contributed by atoms with E-state index in [1.807, 2.05) is 71.9 Å². The van der Waals surface area contributed by atoms with Gasteiger partial charge in [-0.3, -0.25) is 0 Å². The second-order valence-corrected chi connectivity index (χ2v) is 14.4. The first-order valence-corrected chi connectivity index (χ1v) is 16.6. The van der Waals surface area contributed by atoms with E-state index in [0.717, 1.165) is 60.6 Å². The third-order valence-electron chi connectivity index (χ3n) is 7.38. The number of nitrogens with zero attached hydrogens (tertiary/aromatic N) is 3. The van der Waals surface area contributed by atoms with Gasteiger partial charge in [-0.15, -0.1) is 0 Å². The number of nitrogens with one attached hydrogen (secondary N) is 1. The van der Waals surface area contributed by atoms with Crippen molar-refractivity contribution in [1.29, 1.82) is 0 Å². The number of halogens is 1. The van der Waals surface area contributed by atoms with Crippen LogP contribution in [-0.2, 0) is 32.2 Å². The number of piperazine rings is 2. The van der Waals surface area contributed by atoms with Crippen molar-refractivity contribution in [3.63, 3.8) is 0 Å². The van der Waals surface area contributed by atoms with Crippen LogP contribution in [0.15, 0.2) is 40.9 Å². The molecular formula is C34H45BrN4O8. The minimum Gasteiger partial charge on any atom is -0.457 e. The number of esters is 2. The van der Waals surface area contributed by atoms with E-state index in [9.17, 15) is 19.2 Å². The van der Waals surface area contributed by atoms with Gasteiger partial charge in [0.05, 0.1) is 11.1 Å². The van der Waals surface area contributed by atoms with Gasteiger partial charge >= 0.3 is 24.1 Å².